The van der Waals surface area contributed by atoms with E-state index in [0.29, 0.717) is 17.2 Å². The summed E-state index contributed by atoms with van der Waals surface area (Å²) in [7, 11) is 0. The van der Waals surface area contributed by atoms with Gasteiger partial charge in [-0.25, -0.2) is 4.98 Å². The summed E-state index contributed by atoms with van der Waals surface area (Å²) in [6.45, 7) is 7.37. The molecule has 1 amide bonds. The number of aromatic nitrogens is 3. The average Bonchev–Trinajstić information content (AvgIpc) is 2.99. The van der Waals surface area contributed by atoms with Crippen LogP contribution < -0.4 is 15.8 Å². The number of nitrogens with zero attached hydrogens (tertiary/aromatic N) is 4. The van der Waals surface area contributed by atoms with E-state index in [-0.39, 0.29) is 23.4 Å². The van der Waals surface area contributed by atoms with E-state index in [1.165, 1.54) is 21.9 Å². The van der Waals surface area contributed by atoms with Gasteiger partial charge in [-0.05, 0) is 33.1 Å². The van der Waals surface area contributed by atoms with Crippen LogP contribution in [-0.2, 0) is 4.79 Å². The lowest BCUT2D eigenvalue weighted by atomic mass is 9.97. The van der Waals surface area contributed by atoms with Crippen molar-refractivity contribution < 1.29 is 4.79 Å². The monoisotopic (exact) mass is 349 g/mol. The van der Waals surface area contributed by atoms with Gasteiger partial charge < -0.3 is 10.2 Å². The number of carbonyl (C=O) groups excluding carboxylic acids is 1. The topological polar surface area (TPSA) is 79.6 Å². The molecule has 1 fully saturated rings. The summed E-state index contributed by atoms with van der Waals surface area (Å²) in [6.07, 6.45) is 2.75. The number of piperidine rings is 1. The van der Waals surface area contributed by atoms with Crippen molar-refractivity contribution in [3.63, 3.8) is 0 Å². The van der Waals surface area contributed by atoms with Crippen LogP contribution >= 0.6 is 11.3 Å². The van der Waals surface area contributed by atoms with Crippen LogP contribution in [0.15, 0.2) is 10.9 Å². The number of anilines is 1. The van der Waals surface area contributed by atoms with E-state index in [1.54, 1.807) is 6.92 Å². The molecule has 2 aromatic rings. The van der Waals surface area contributed by atoms with Crippen LogP contribution in [0.1, 0.15) is 38.8 Å². The standard InChI is InChI=1S/C16H23N5O2S/c1-4-10(2)17-14(23)12-6-5-7-20(9-12)16-19-21-13(22)8-11(3)18-15(21)24-16/h8,10,12H,4-7,9H2,1-3H3,(H,17,23). The Kier molecular flexibility index (Phi) is 4.84. The highest BCUT2D eigenvalue weighted by atomic mass is 32.1. The summed E-state index contributed by atoms with van der Waals surface area (Å²) in [6, 6.07) is 1.68. The normalized spacial score (nSPS) is 19.5. The van der Waals surface area contributed by atoms with Crippen molar-refractivity contribution in [1.82, 2.24) is 19.9 Å². The molecule has 0 aliphatic carbocycles. The lowest BCUT2D eigenvalue weighted by Crippen LogP contribution is -2.45. The molecule has 1 aliphatic heterocycles. The van der Waals surface area contributed by atoms with Gasteiger partial charge >= 0.3 is 0 Å². The van der Waals surface area contributed by atoms with Crippen molar-refractivity contribution in [3.05, 3.63) is 22.1 Å². The predicted molar refractivity (Wildman–Crippen MR) is 94.7 cm³/mol. The number of nitrogens with one attached hydrogen (secondary N) is 1. The summed E-state index contributed by atoms with van der Waals surface area (Å²) in [4.78, 5) is 31.5. The lowest BCUT2D eigenvalue weighted by molar-refractivity contribution is -0.125. The largest absolute Gasteiger partial charge is 0.353 e. The maximum absolute atomic E-state index is 12.4. The molecule has 0 bridgehead atoms. The Bertz CT molecular complexity index is 799. The number of fused-ring (bicyclic) bond motifs is 1. The molecule has 0 aromatic carbocycles. The number of aryl methyl sites for hydroxylation is 1. The van der Waals surface area contributed by atoms with Crippen LogP contribution in [-0.4, -0.2) is 39.6 Å². The Morgan fingerprint density at radius 1 is 1.54 bits per heavy atom. The fourth-order valence-corrected chi connectivity index (χ4v) is 3.85. The first kappa shape index (κ1) is 16.9. The van der Waals surface area contributed by atoms with E-state index < -0.39 is 0 Å². The zero-order chi connectivity index (χ0) is 17.3. The maximum atomic E-state index is 12.4. The lowest BCUT2D eigenvalue weighted by Gasteiger charge is -2.32. The quantitative estimate of drug-likeness (QED) is 0.907. The van der Waals surface area contributed by atoms with Crippen LogP contribution in [0, 0.1) is 12.8 Å². The van der Waals surface area contributed by atoms with Gasteiger partial charge in [0.25, 0.3) is 5.56 Å². The molecule has 2 unspecified atom stereocenters. The van der Waals surface area contributed by atoms with Crippen molar-refractivity contribution in [2.45, 2.75) is 46.1 Å². The molecule has 3 rings (SSSR count). The fourth-order valence-electron chi connectivity index (χ4n) is 2.87. The Balaban J connectivity index is 1.78. The van der Waals surface area contributed by atoms with E-state index in [1.807, 2.05) is 6.92 Å². The van der Waals surface area contributed by atoms with Gasteiger partial charge in [-0.2, -0.15) is 4.52 Å². The van der Waals surface area contributed by atoms with Crippen LogP contribution in [0.2, 0.25) is 0 Å². The fraction of sp³-hybridized carbons (Fsp3) is 0.625. The van der Waals surface area contributed by atoms with Crippen molar-refractivity contribution in [2.24, 2.45) is 5.92 Å². The molecule has 2 aromatic heterocycles. The van der Waals surface area contributed by atoms with Gasteiger partial charge in [0.2, 0.25) is 16.0 Å². The minimum absolute atomic E-state index is 0.0359. The Morgan fingerprint density at radius 2 is 2.33 bits per heavy atom. The molecule has 7 nitrogen and oxygen atoms in total. The molecule has 3 heterocycles. The second-order valence-electron chi connectivity index (χ2n) is 6.42. The molecule has 8 heteroatoms. The van der Waals surface area contributed by atoms with Gasteiger partial charge in [0.15, 0.2) is 0 Å². The SMILES string of the molecule is CCC(C)NC(=O)C1CCCN(c2nn3c(=O)cc(C)nc3s2)C1. The van der Waals surface area contributed by atoms with Crippen LogP contribution in [0.4, 0.5) is 5.13 Å². The number of rotatable bonds is 4. The second-order valence-corrected chi connectivity index (χ2v) is 7.35. The van der Waals surface area contributed by atoms with Crippen molar-refractivity contribution in [3.8, 4) is 0 Å². The summed E-state index contributed by atoms with van der Waals surface area (Å²) >= 11 is 1.40. The maximum Gasteiger partial charge on any atom is 0.275 e. The Labute approximate surface area is 144 Å². The van der Waals surface area contributed by atoms with Crippen LogP contribution in [0.5, 0.6) is 0 Å². The zero-order valence-corrected chi connectivity index (χ0v) is 15.1. The molecule has 24 heavy (non-hydrogen) atoms. The minimum atomic E-state index is -0.164. The molecular formula is C16H23N5O2S. The van der Waals surface area contributed by atoms with E-state index in [0.717, 1.165) is 30.9 Å². The number of hydrogen-bond acceptors (Lipinski definition) is 6. The first-order chi connectivity index (χ1) is 11.5. The van der Waals surface area contributed by atoms with E-state index >= 15 is 0 Å². The van der Waals surface area contributed by atoms with Gasteiger partial charge in [-0.1, -0.05) is 18.3 Å². The first-order valence-corrected chi connectivity index (χ1v) is 9.22. The highest BCUT2D eigenvalue weighted by molar-refractivity contribution is 7.20. The molecular weight excluding hydrogens is 326 g/mol. The minimum Gasteiger partial charge on any atom is -0.353 e. The average molecular weight is 349 g/mol. The summed E-state index contributed by atoms with van der Waals surface area (Å²) < 4.78 is 1.34. The molecule has 1 aliphatic rings. The van der Waals surface area contributed by atoms with E-state index in [9.17, 15) is 9.59 Å². The Hall–Kier alpha value is -1.96. The molecule has 2 atom stereocenters. The van der Waals surface area contributed by atoms with E-state index in [2.05, 4.69) is 27.2 Å². The molecule has 0 spiro atoms. The summed E-state index contributed by atoms with van der Waals surface area (Å²) in [5, 5.41) is 8.22. The molecule has 0 radical (unpaired) electrons. The zero-order valence-electron chi connectivity index (χ0n) is 14.3. The summed E-state index contributed by atoms with van der Waals surface area (Å²) in [5.74, 6) is 0.0764. The smallest absolute Gasteiger partial charge is 0.275 e. The van der Waals surface area contributed by atoms with Gasteiger partial charge in [-0.3, -0.25) is 9.59 Å². The summed E-state index contributed by atoms with van der Waals surface area (Å²) in [5.41, 5.74) is 0.530. The molecule has 1 saturated heterocycles. The molecule has 0 saturated carbocycles. The number of hydrogen-bond donors (Lipinski definition) is 1. The second kappa shape index (κ2) is 6.88. The number of carbonyl (C=O) groups is 1. The van der Waals surface area contributed by atoms with Crippen LogP contribution in [0.3, 0.4) is 0 Å². The van der Waals surface area contributed by atoms with Gasteiger partial charge in [0, 0.05) is 30.9 Å². The van der Waals surface area contributed by atoms with Gasteiger partial charge in [0.1, 0.15) is 0 Å². The van der Waals surface area contributed by atoms with Crippen molar-refractivity contribution in [1.29, 1.82) is 0 Å². The van der Waals surface area contributed by atoms with Gasteiger partial charge in [-0.15, -0.1) is 5.10 Å². The van der Waals surface area contributed by atoms with E-state index in [4.69, 9.17) is 0 Å². The number of amides is 1. The molecule has 1 N–H and O–H groups in total. The van der Waals surface area contributed by atoms with Gasteiger partial charge in [0.05, 0.1) is 5.92 Å². The molecule has 130 valence electrons. The highest BCUT2D eigenvalue weighted by Gasteiger charge is 2.28. The predicted octanol–water partition coefficient (Wildman–Crippen LogP) is 1.59. The van der Waals surface area contributed by atoms with Crippen molar-refractivity contribution >= 4 is 27.3 Å². The highest BCUT2D eigenvalue weighted by Crippen LogP contribution is 2.27. The Morgan fingerprint density at radius 3 is 3.08 bits per heavy atom. The van der Waals surface area contributed by atoms with Crippen molar-refractivity contribution in [2.75, 3.05) is 18.0 Å². The van der Waals surface area contributed by atoms with Crippen LogP contribution in [0.25, 0.3) is 4.96 Å². The third kappa shape index (κ3) is 3.43. The third-order valence-electron chi connectivity index (χ3n) is 4.43. The third-order valence-corrected chi connectivity index (χ3v) is 5.40. The first-order valence-electron chi connectivity index (χ1n) is 8.40.